The molecule has 0 saturated heterocycles. The molecule has 2 N–H and O–H groups in total. The van der Waals surface area contributed by atoms with Crippen LogP contribution < -0.4 is 20.1 Å². The molecule has 0 unspecified atom stereocenters. The van der Waals surface area contributed by atoms with E-state index in [1.807, 2.05) is 0 Å². The van der Waals surface area contributed by atoms with Crippen LogP contribution in [0.1, 0.15) is 24.8 Å². The van der Waals surface area contributed by atoms with Gasteiger partial charge >= 0.3 is 6.61 Å². The Morgan fingerprint density at radius 3 is 2.64 bits per heavy atom. The van der Waals surface area contributed by atoms with Crippen LogP contribution in [0, 0.1) is 17.2 Å². The van der Waals surface area contributed by atoms with Gasteiger partial charge in [0.15, 0.2) is 6.61 Å². The highest BCUT2D eigenvalue weighted by Crippen LogP contribution is 2.58. The molecule has 2 amide bonds. The number of para-hydroxylation sites is 1. The van der Waals surface area contributed by atoms with Gasteiger partial charge in [-0.05, 0) is 43.4 Å². The van der Waals surface area contributed by atoms with Gasteiger partial charge in [-0.2, -0.15) is 8.78 Å². The number of ether oxygens (including phenoxy) is 2. The largest absolute Gasteiger partial charge is 0.484 e. The molecule has 33 heavy (non-hydrogen) atoms. The Balaban J connectivity index is 1.26. The average Bonchev–Trinajstić information content (AvgIpc) is 3.28. The second-order valence-corrected chi connectivity index (χ2v) is 8.77. The summed E-state index contributed by atoms with van der Waals surface area (Å²) >= 11 is 5.62. The van der Waals surface area contributed by atoms with E-state index in [2.05, 4.69) is 15.4 Å². The van der Waals surface area contributed by atoms with E-state index in [4.69, 9.17) is 16.3 Å². The van der Waals surface area contributed by atoms with E-state index < -0.39 is 17.8 Å². The van der Waals surface area contributed by atoms with Crippen molar-refractivity contribution in [1.29, 1.82) is 0 Å². The predicted molar refractivity (Wildman–Crippen MR) is 114 cm³/mol. The quantitative estimate of drug-likeness (QED) is 0.565. The van der Waals surface area contributed by atoms with Crippen molar-refractivity contribution in [1.82, 2.24) is 10.6 Å². The Hall–Kier alpha value is -2.94. The van der Waals surface area contributed by atoms with Gasteiger partial charge in [-0.3, -0.25) is 9.59 Å². The molecule has 0 heterocycles. The molecule has 2 aromatic rings. The van der Waals surface area contributed by atoms with Gasteiger partial charge in [0.1, 0.15) is 17.3 Å². The fourth-order valence-electron chi connectivity index (χ4n) is 4.62. The van der Waals surface area contributed by atoms with Crippen molar-refractivity contribution in [3.05, 3.63) is 58.9 Å². The van der Waals surface area contributed by atoms with Crippen LogP contribution in [0.25, 0.3) is 0 Å². The molecule has 0 aromatic heterocycles. The molecular formula is C23H22ClF3N2O4. The maximum atomic E-state index is 13.5. The van der Waals surface area contributed by atoms with Gasteiger partial charge in [0.2, 0.25) is 5.91 Å². The summed E-state index contributed by atoms with van der Waals surface area (Å²) in [5.74, 6) is -0.778. The third-order valence-corrected chi connectivity index (χ3v) is 6.51. The first-order valence-corrected chi connectivity index (χ1v) is 10.8. The smallest absolute Gasteiger partial charge is 0.387 e. The monoisotopic (exact) mass is 482 g/mol. The Kier molecular flexibility index (Phi) is 6.69. The van der Waals surface area contributed by atoms with Gasteiger partial charge in [0.05, 0.1) is 10.4 Å². The lowest BCUT2D eigenvalue weighted by Gasteiger charge is -2.36. The van der Waals surface area contributed by atoms with Crippen molar-refractivity contribution in [2.45, 2.75) is 38.5 Å². The Labute approximate surface area is 193 Å². The Bertz CT molecular complexity index is 1050. The van der Waals surface area contributed by atoms with E-state index in [0.29, 0.717) is 24.8 Å². The number of amides is 2. The van der Waals surface area contributed by atoms with E-state index in [1.54, 1.807) is 18.2 Å². The van der Waals surface area contributed by atoms with Gasteiger partial charge < -0.3 is 20.1 Å². The van der Waals surface area contributed by atoms with Gasteiger partial charge in [-0.15, -0.1) is 0 Å². The van der Waals surface area contributed by atoms with Crippen LogP contribution >= 0.6 is 11.6 Å². The van der Waals surface area contributed by atoms with Gasteiger partial charge in [0, 0.05) is 24.2 Å². The average molecular weight is 483 g/mol. The van der Waals surface area contributed by atoms with Crippen LogP contribution in [-0.4, -0.2) is 31.1 Å². The highest BCUT2D eigenvalue weighted by Gasteiger charge is 2.60. The first kappa shape index (κ1) is 23.2. The van der Waals surface area contributed by atoms with Crippen molar-refractivity contribution in [2.75, 3.05) is 6.61 Å². The molecule has 0 radical (unpaired) electrons. The van der Waals surface area contributed by atoms with Crippen molar-refractivity contribution < 1.29 is 32.2 Å². The van der Waals surface area contributed by atoms with Crippen molar-refractivity contribution >= 4 is 23.4 Å². The van der Waals surface area contributed by atoms with Crippen LogP contribution in [0.15, 0.2) is 42.5 Å². The molecule has 1 atom stereocenters. The third kappa shape index (κ3) is 5.19. The highest BCUT2D eigenvalue weighted by molar-refractivity contribution is 6.30. The fraction of sp³-hybridized carbons (Fsp3) is 0.391. The molecule has 6 nitrogen and oxygen atoms in total. The minimum atomic E-state index is -2.95. The minimum absolute atomic E-state index is 0.0221. The van der Waals surface area contributed by atoms with Gasteiger partial charge in [-0.25, -0.2) is 4.39 Å². The molecule has 2 aromatic carbocycles. The summed E-state index contributed by atoms with van der Waals surface area (Å²) in [7, 11) is 0. The summed E-state index contributed by atoms with van der Waals surface area (Å²) in [6.45, 7) is -3.17. The minimum Gasteiger partial charge on any atom is -0.484 e. The Morgan fingerprint density at radius 2 is 1.91 bits per heavy atom. The summed E-state index contributed by atoms with van der Waals surface area (Å²) < 4.78 is 48.4. The molecule has 3 saturated carbocycles. The number of hydrogen-bond donors (Lipinski definition) is 2. The van der Waals surface area contributed by atoms with E-state index in [1.165, 1.54) is 18.2 Å². The summed E-state index contributed by atoms with van der Waals surface area (Å²) in [4.78, 5) is 25.1. The number of nitrogens with one attached hydrogen (secondary N) is 2. The van der Waals surface area contributed by atoms with Crippen LogP contribution in [0.3, 0.4) is 0 Å². The summed E-state index contributed by atoms with van der Waals surface area (Å²) in [6, 6.07) is 10.0. The summed E-state index contributed by atoms with van der Waals surface area (Å²) in [5.41, 5.74) is -0.126. The van der Waals surface area contributed by atoms with E-state index in [9.17, 15) is 22.8 Å². The lowest BCUT2D eigenvalue weighted by atomic mass is 9.69. The van der Waals surface area contributed by atoms with Crippen LogP contribution in [0.2, 0.25) is 5.02 Å². The lowest BCUT2D eigenvalue weighted by Crippen LogP contribution is -2.44. The molecule has 3 aliphatic carbocycles. The number of alkyl halides is 2. The summed E-state index contributed by atoms with van der Waals surface area (Å²) in [6.07, 6.45) is 1.77. The molecule has 5 rings (SSSR count). The molecule has 0 spiro atoms. The van der Waals surface area contributed by atoms with Gasteiger partial charge in [0.25, 0.3) is 5.91 Å². The van der Waals surface area contributed by atoms with Crippen LogP contribution in [0.4, 0.5) is 13.2 Å². The fourth-order valence-corrected chi connectivity index (χ4v) is 4.74. The molecule has 2 bridgehead atoms. The first-order valence-electron chi connectivity index (χ1n) is 10.4. The second kappa shape index (κ2) is 9.51. The zero-order valence-corrected chi connectivity index (χ0v) is 18.2. The normalized spacial score (nSPS) is 23.1. The van der Waals surface area contributed by atoms with Crippen molar-refractivity contribution in [3.8, 4) is 11.5 Å². The second-order valence-electron chi connectivity index (χ2n) is 8.36. The molecule has 0 aliphatic heterocycles. The number of fused-ring (bicyclic) bond motifs is 1. The number of benzene rings is 2. The molecular weight excluding hydrogens is 461 g/mol. The number of carbonyl (C=O) groups excluding carboxylic acids is 2. The lowest BCUT2D eigenvalue weighted by molar-refractivity contribution is -0.135. The summed E-state index contributed by atoms with van der Waals surface area (Å²) in [5, 5.41) is 5.66. The SMILES string of the molecule is O=C(COc1ccc(Cl)c(F)c1)N[C@H]1CC2(C(=O)NCc3ccccc3OC(F)F)CC1C2. The van der Waals surface area contributed by atoms with Crippen LogP contribution in [0.5, 0.6) is 11.5 Å². The molecule has 3 aliphatic rings. The van der Waals surface area contributed by atoms with Crippen molar-refractivity contribution in [3.63, 3.8) is 0 Å². The molecule has 3 fully saturated rings. The number of carbonyl (C=O) groups is 2. The number of rotatable bonds is 9. The van der Waals surface area contributed by atoms with E-state index >= 15 is 0 Å². The van der Waals surface area contributed by atoms with Crippen molar-refractivity contribution in [2.24, 2.45) is 11.3 Å². The maximum Gasteiger partial charge on any atom is 0.387 e. The molecule has 176 valence electrons. The standard InChI is InChI=1S/C23H22ClF3N2O4/c24-16-6-5-15(7-17(16)25)32-12-20(30)29-18-10-23(8-14(18)9-23)21(31)28-11-13-3-1-2-4-19(13)33-22(26)27/h1-7,14,18,22H,8-12H2,(H,28,31)(H,29,30)/t14?,18-,23?/m0/s1. The van der Waals surface area contributed by atoms with Gasteiger partial charge in [-0.1, -0.05) is 29.8 Å². The third-order valence-electron chi connectivity index (χ3n) is 6.20. The zero-order chi connectivity index (χ0) is 23.6. The maximum absolute atomic E-state index is 13.5. The Morgan fingerprint density at radius 1 is 1.15 bits per heavy atom. The highest BCUT2D eigenvalue weighted by atomic mass is 35.5. The van der Waals surface area contributed by atoms with E-state index in [-0.39, 0.29) is 53.4 Å². The van der Waals surface area contributed by atoms with Crippen LogP contribution in [-0.2, 0) is 16.1 Å². The zero-order valence-electron chi connectivity index (χ0n) is 17.5. The first-order chi connectivity index (χ1) is 15.8. The number of hydrogen-bond acceptors (Lipinski definition) is 4. The van der Waals surface area contributed by atoms with E-state index in [0.717, 1.165) is 6.07 Å². The number of halogens is 4. The molecule has 10 heteroatoms. The predicted octanol–water partition coefficient (Wildman–Crippen LogP) is 4.06. The topological polar surface area (TPSA) is 76.7 Å².